The van der Waals surface area contributed by atoms with Crippen molar-refractivity contribution in [3.05, 3.63) is 0 Å². The SMILES string of the molecule is CCC1CCN(C(=O)C2(CC)CCNCC2)C1. The molecule has 98 valence electrons. The van der Waals surface area contributed by atoms with Crippen LogP contribution in [0.5, 0.6) is 0 Å². The van der Waals surface area contributed by atoms with Gasteiger partial charge in [0.05, 0.1) is 5.41 Å². The predicted octanol–water partition coefficient (Wildman–Crippen LogP) is 2.02. The number of amides is 1. The zero-order valence-electron chi connectivity index (χ0n) is 11.3. The van der Waals surface area contributed by atoms with Crippen LogP contribution < -0.4 is 5.32 Å². The first-order valence-electron chi connectivity index (χ1n) is 7.22. The van der Waals surface area contributed by atoms with Gasteiger partial charge in [-0.2, -0.15) is 0 Å². The van der Waals surface area contributed by atoms with Crippen LogP contribution in [-0.2, 0) is 4.79 Å². The summed E-state index contributed by atoms with van der Waals surface area (Å²) >= 11 is 0. The Morgan fingerprint density at radius 3 is 2.59 bits per heavy atom. The first kappa shape index (κ1) is 12.9. The topological polar surface area (TPSA) is 32.3 Å². The molecule has 2 heterocycles. The molecule has 2 saturated heterocycles. The number of nitrogens with zero attached hydrogens (tertiary/aromatic N) is 1. The summed E-state index contributed by atoms with van der Waals surface area (Å²) in [6, 6.07) is 0. The van der Waals surface area contributed by atoms with Crippen LogP contribution in [0.1, 0.15) is 46.0 Å². The molecular weight excluding hydrogens is 212 g/mol. The highest BCUT2D eigenvalue weighted by Gasteiger charge is 2.41. The van der Waals surface area contributed by atoms with E-state index in [1.807, 2.05) is 0 Å². The summed E-state index contributed by atoms with van der Waals surface area (Å²) in [6.07, 6.45) is 5.47. The van der Waals surface area contributed by atoms with Gasteiger partial charge >= 0.3 is 0 Å². The molecule has 0 bridgehead atoms. The van der Waals surface area contributed by atoms with Crippen molar-refractivity contribution in [1.82, 2.24) is 10.2 Å². The molecule has 1 unspecified atom stereocenters. The Morgan fingerprint density at radius 1 is 1.35 bits per heavy atom. The van der Waals surface area contributed by atoms with Gasteiger partial charge < -0.3 is 10.2 Å². The first-order valence-corrected chi connectivity index (χ1v) is 7.22. The molecule has 0 spiro atoms. The van der Waals surface area contributed by atoms with Crippen molar-refractivity contribution in [2.75, 3.05) is 26.2 Å². The second-order valence-corrected chi connectivity index (χ2v) is 5.70. The molecule has 2 rings (SSSR count). The minimum absolute atomic E-state index is 0.0477. The molecular formula is C14H26N2O. The largest absolute Gasteiger partial charge is 0.342 e. The molecule has 1 atom stereocenters. The molecule has 0 radical (unpaired) electrons. The maximum Gasteiger partial charge on any atom is 0.228 e. The van der Waals surface area contributed by atoms with E-state index in [1.54, 1.807) is 0 Å². The van der Waals surface area contributed by atoms with E-state index in [0.717, 1.165) is 51.4 Å². The van der Waals surface area contributed by atoms with Gasteiger partial charge in [-0.15, -0.1) is 0 Å². The van der Waals surface area contributed by atoms with E-state index in [9.17, 15) is 4.79 Å². The van der Waals surface area contributed by atoms with E-state index in [1.165, 1.54) is 12.8 Å². The molecule has 1 N–H and O–H groups in total. The molecule has 2 aliphatic rings. The summed E-state index contributed by atoms with van der Waals surface area (Å²) in [5.41, 5.74) is -0.0477. The lowest BCUT2D eigenvalue weighted by atomic mass is 9.75. The standard InChI is InChI=1S/C14H26N2O/c1-3-12-5-10-16(11-12)13(17)14(4-2)6-8-15-9-7-14/h12,15H,3-11H2,1-2H3. The number of hydrogen-bond acceptors (Lipinski definition) is 2. The van der Waals surface area contributed by atoms with Gasteiger partial charge in [0, 0.05) is 13.1 Å². The van der Waals surface area contributed by atoms with Crippen LogP contribution in [0.15, 0.2) is 0 Å². The Hall–Kier alpha value is -0.570. The molecule has 2 fully saturated rings. The summed E-state index contributed by atoms with van der Waals surface area (Å²) in [7, 11) is 0. The van der Waals surface area contributed by atoms with Crippen molar-refractivity contribution in [2.45, 2.75) is 46.0 Å². The zero-order chi connectivity index (χ0) is 12.3. The third-order valence-electron chi connectivity index (χ3n) is 4.84. The van der Waals surface area contributed by atoms with E-state index in [4.69, 9.17) is 0 Å². The number of nitrogens with one attached hydrogen (secondary N) is 1. The molecule has 0 aromatic carbocycles. The van der Waals surface area contributed by atoms with Crippen molar-refractivity contribution < 1.29 is 4.79 Å². The molecule has 0 aromatic heterocycles. The van der Waals surface area contributed by atoms with Crippen molar-refractivity contribution in [3.63, 3.8) is 0 Å². The average Bonchev–Trinajstić information content (AvgIpc) is 2.87. The fourth-order valence-corrected chi connectivity index (χ4v) is 3.31. The van der Waals surface area contributed by atoms with Crippen LogP contribution >= 0.6 is 0 Å². The molecule has 3 heteroatoms. The Kier molecular flexibility index (Phi) is 4.08. The highest BCUT2D eigenvalue weighted by atomic mass is 16.2. The molecule has 0 aromatic rings. The second-order valence-electron chi connectivity index (χ2n) is 5.70. The summed E-state index contributed by atoms with van der Waals surface area (Å²) in [6.45, 7) is 8.42. The Morgan fingerprint density at radius 2 is 2.06 bits per heavy atom. The highest BCUT2D eigenvalue weighted by Crippen LogP contribution is 2.36. The minimum Gasteiger partial charge on any atom is -0.342 e. The minimum atomic E-state index is -0.0477. The van der Waals surface area contributed by atoms with Gasteiger partial charge in [0.15, 0.2) is 0 Å². The number of carbonyl (C=O) groups is 1. The summed E-state index contributed by atoms with van der Waals surface area (Å²) < 4.78 is 0. The zero-order valence-corrected chi connectivity index (χ0v) is 11.3. The number of carbonyl (C=O) groups excluding carboxylic acids is 1. The molecule has 3 nitrogen and oxygen atoms in total. The Balaban J connectivity index is 2.02. The van der Waals surface area contributed by atoms with Crippen LogP contribution in [0, 0.1) is 11.3 Å². The molecule has 1 amide bonds. The predicted molar refractivity (Wildman–Crippen MR) is 69.8 cm³/mol. The number of likely N-dealkylation sites (tertiary alicyclic amines) is 1. The van der Waals surface area contributed by atoms with E-state index >= 15 is 0 Å². The maximum atomic E-state index is 12.7. The second kappa shape index (κ2) is 5.38. The first-order chi connectivity index (χ1) is 8.22. The Labute approximate surface area is 105 Å². The van der Waals surface area contributed by atoms with E-state index < -0.39 is 0 Å². The van der Waals surface area contributed by atoms with Crippen LogP contribution in [0.3, 0.4) is 0 Å². The summed E-state index contributed by atoms with van der Waals surface area (Å²) in [5, 5.41) is 3.37. The van der Waals surface area contributed by atoms with Gasteiger partial charge in [0.25, 0.3) is 0 Å². The van der Waals surface area contributed by atoms with Gasteiger partial charge in [-0.3, -0.25) is 4.79 Å². The monoisotopic (exact) mass is 238 g/mol. The van der Waals surface area contributed by atoms with Gasteiger partial charge in [-0.25, -0.2) is 0 Å². The normalized spacial score (nSPS) is 28.4. The van der Waals surface area contributed by atoms with Gasteiger partial charge in [-0.05, 0) is 44.7 Å². The lowest BCUT2D eigenvalue weighted by Gasteiger charge is -2.38. The number of piperidine rings is 1. The van der Waals surface area contributed by atoms with Crippen molar-refractivity contribution in [3.8, 4) is 0 Å². The van der Waals surface area contributed by atoms with Crippen LogP contribution in [0.4, 0.5) is 0 Å². The lowest BCUT2D eigenvalue weighted by Crippen LogP contribution is -2.48. The number of rotatable bonds is 3. The van der Waals surface area contributed by atoms with Crippen molar-refractivity contribution in [2.24, 2.45) is 11.3 Å². The van der Waals surface area contributed by atoms with E-state index in [0.29, 0.717) is 5.91 Å². The van der Waals surface area contributed by atoms with Gasteiger partial charge in [0.2, 0.25) is 5.91 Å². The number of hydrogen-bond donors (Lipinski definition) is 1. The third-order valence-corrected chi connectivity index (χ3v) is 4.84. The Bertz CT molecular complexity index is 271. The van der Waals surface area contributed by atoms with Crippen LogP contribution in [-0.4, -0.2) is 37.0 Å². The highest BCUT2D eigenvalue weighted by molar-refractivity contribution is 5.83. The van der Waals surface area contributed by atoms with Crippen LogP contribution in [0.2, 0.25) is 0 Å². The molecule has 17 heavy (non-hydrogen) atoms. The van der Waals surface area contributed by atoms with Crippen LogP contribution in [0.25, 0.3) is 0 Å². The average molecular weight is 238 g/mol. The fraction of sp³-hybridized carbons (Fsp3) is 0.929. The van der Waals surface area contributed by atoms with Gasteiger partial charge in [0.1, 0.15) is 0 Å². The van der Waals surface area contributed by atoms with E-state index in [-0.39, 0.29) is 5.41 Å². The summed E-state index contributed by atoms with van der Waals surface area (Å²) in [4.78, 5) is 14.9. The van der Waals surface area contributed by atoms with Gasteiger partial charge in [-0.1, -0.05) is 20.3 Å². The fourth-order valence-electron chi connectivity index (χ4n) is 3.31. The summed E-state index contributed by atoms with van der Waals surface area (Å²) in [5.74, 6) is 1.19. The molecule has 0 saturated carbocycles. The van der Waals surface area contributed by atoms with Crippen molar-refractivity contribution >= 4 is 5.91 Å². The quantitative estimate of drug-likeness (QED) is 0.816. The molecule has 0 aliphatic carbocycles. The van der Waals surface area contributed by atoms with Crippen molar-refractivity contribution in [1.29, 1.82) is 0 Å². The van der Waals surface area contributed by atoms with E-state index in [2.05, 4.69) is 24.1 Å². The third kappa shape index (κ3) is 2.49. The lowest BCUT2D eigenvalue weighted by molar-refractivity contribution is -0.143. The molecule has 2 aliphatic heterocycles. The maximum absolute atomic E-state index is 12.7. The smallest absolute Gasteiger partial charge is 0.228 e.